The average molecular weight is 473 g/mol. The van der Waals surface area contributed by atoms with E-state index in [0.29, 0.717) is 0 Å². The topological polar surface area (TPSA) is 123 Å². The maximum Gasteiger partial charge on any atom is 0.407 e. The predicted octanol–water partition coefficient (Wildman–Crippen LogP) is 3.38. The highest BCUT2D eigenvalue weighted by Gasteiger charge is 2.30. The average Bonchev–Trinajstić information content (AvgIpc) is 3.37. The summed E-state index contributed by atoms with van der Waals surface area (Å²) < 4.78 is 6.67. The molecule has 0 aliphatic heterocycles. The minimum Gasteiger partial charge on any atom is -0.477 e. The Morgan fingerprint density at radius 1 is 1.11 bits per heavy atom. The van der Waals surface area contributed by atoms with E-state index in [1.165, 1.54) is 13.1 Å². The van der Waals surface area contributed by atoms with Gasteiger partial charge in [0.2, 0.25) is 5.91 Å². The Hall–Kier alpha value is -4.58. The summed E-state index contributed by atoms with van der Waals surface area (Å²) in [6.45, 7) is 1.73. The zero-order valence-electron chi connectivity index (χ0n) is 19.2. The third-order valence-corrected chi connectivity index (χ3v) is 5.79. The van der Waals surface area contributed by atoms with Gasteiger partial charge in [-0.15, -0.1) is 11.8 Å². The number of nitrogens with one attached hydrogen (secondary N) is 2. The van der Waals surface area contributed by atoms with Crippen LogP contribution in [0.4, 0.5) is 10.6 Å². The molecule has 9 heteroatoms. The summed E-state index contributed by atoms with van der Waals surface area (Å²) in [5, 5.41) is 18.2. The molecule has 3 N–H and O–H groups in total. The zero-order valence-corrected chi connectivity index (χ0v) is 19.2. The summed E-state index contributed by atoms with van der Waals surface area (Å²) in [5.41, 5.74) is 4.30. The molecular weight excluding hydrogens is 448 g/mol. The van der Waals surface area contributed by atoms with Crippen molar-refractivity contribution in [2.24, 2.45) is 7.05 Å². The number of aromatic carboxylic acids is 1. The molecule has 1 heterocycles. The number of carbonyl (C=O) groups excluding carboxylic acids is 2. The fourth-order valence-corrected chi connectivity index (χ4v) is 4.14. The Bertz CT molecular complexity index is 1310. The molecule has 2 aromatic carbocycles. The lowest BCUT2D eigenvalue weighted by Gasteiger charge is -2.18. The molecular formula is C26H24N4O5. The number of benzene rings is 2. The molecule has 1 aliphatic carbocycles. The van der Waals surface area contributed by atoms with Gasteiger partial charge in [-0.3, -0.25) is 9.48 Å². The van der Waals surface area contributed by atoms with Gasteiger partial charge in [0.25, 0.3) is 0 Å². The first-order valence-electron chi connectivity index (χ1n) is 11.0. The minimum absolute atomic E-state index is 0.0468. The van der Waals surface area contributed by atoms with E-state index in [-0.39, 0.29) is 30.5 Å². The normalized spacial score (nSPS) is 12.5. The molecule has 3 aromatic rings. The number of fused-ring (bicyclic) bond motifs is 3. The quantitative estimate of drug-likeness (QED) is 0.453. The summed E-state index contributed by atoms with van der Waals surface area (Å²) in [5.74, 6) is 3.66. The van der Waals surface area contributed by atoms with Crippen LogP contribution >= 0.6 is 0 Å². The lowest BCUT2D eigenvalue weighted by molar-refractivity contribution is -0.118. The SMILES string of the molecule is CC#CCC(NC(=O)OCC1c2ccccc2-c2ccccc21)C(=O)Nc1cc(C(=O)O)n(C)n1. The van der Waals surface area contributed by atoms with Crippen LogP contribution in [-0.2, 0) is 16.6 Å². The maximum absolute atomic E-state index is 12.8. The maximum atomic E-state index is 12.8. The molecule has 0 spiro atoms. The van der Waals surface area contributed by atoms with Gasteiger partial charge >= 0.3 is 12.1 Å². The minimum atomic E-state index is -1.18. The van der Waals surface area contributed by atoms with E-state index >= 15 is 0 Å². The van der Waals surface area contributed by atoms with Crippen LogP contribution in [0.5, 0.6) is 0 Å². The number of carbonyl (C=O) groups is 3. The van der Waals surface area contributed by atoms with Crippen LogP contribution in [0.25, 0.3) is 11.1 Å². The van der Waals surface area contributed by atoms with Crippen molar-refractivity contribution in [2.45, 2.75) is 25.3 Å². The van der Waals surface area contributed by atoms with Crippen molar-refractivity contribution in [3.63, 3.8) is 0 Å². The Labute approximate surface area is 202 Å². The molecule has 0 bridgehead atoms. The Kier molecular flexibility index (Phi) is 6.83. The van der Waals surface area contributed by atoms with Crippen LogP contribution < -0.4 is 10.6 Å². The van der Waals surface area contributed by atoms with Gasteiger partial charge in [-0.2, -0.15) is 5.10 Å². The molecule has 1 atom stereocenters. The van der Waals surface area contributed by atoms with Crippen LogP contribution in [0.15, 0.2) is 54.6 Å². The van der Waals surface area contributed by atoms with Crippen LogP contribution in [0, 0.1) is 11.8 Å². The third-order valence-electron chi connectivity index (χ3n) is 5.79. The number of amides is 2. The van der Waals surface area contributed by atoms with Gasteiger partial charge in [-0.25, -0.2) is 9.59 Å². The number of ether oxygens (including phenoxy) is 1. The van der Waals surface area contributed by atoms with E-state index in [1.54, 1.807) is 6.92 Å². The summed E-state index contributed by atoms with van der Waals surface area (Å²) in [7, 11) is 1.45. The number of carboxylic acid groups (broad SMARTS) is 1. The number of aryl methyl sites for hydroxylation is 1. The molecule has 4 rings (SSSR count). The van der Waals surface area contributed by atoms with Crippen molar-refractivity contribution in [2.75, 3.05) is 11.9 Å². The Morgan fingerprint density at radius 2 is 1.74 bits per heavy atom. The number of aromatic nitrogens is 2. The highest BCUT2D eigenvalue weighted by molar-refractivity contribution is 5.97. The monoisotopic (exact) mass is 472 g/mol. The molecule has 0 saturated carbocycles. The standard InChI is InChI=1S/C26H24N4O5/c1-3-4-13-21(24(31)28-23-14-22(25(32)33)30(2)29-23)27-26(34)35-15-20-18-11-7-5-9-16(18)17-10-6-8-12-19(17)20/h5-12,14,20-21H,13,15H2,1-2H3,(H,27,34)(H,32,33)(H,28,29,31). The first-order valence-corrected chi connectivity index (χ1v) is 11.0. The van der Waals surface area contributed by atoms with Crippen LogP contribution in [-0.4, -0.2) is 45.5 Å². The van der Waals surface area contributed by atoms with E-state index in [9.17, 15) is 14.4 Å². The van der Waals surface area contributed by atoms with Crippen LogP contribution in [0.2, 0.25) is 0 Å². The van der Waals surface area contributed by atoms with E-state index in [1.807, 2.05) is 48.5 Å². The van der Waals surface area contributed by atoms with Crippen molar-refractivity contribution >= 4 is 23.8 Å². The van der Waals surface area contributed by atoms with E-state index in [0.717, 1.165) is 26.9 Å². The summed E-state index contributed by atoms with van der Waals surface area (Å²) in [6, 6.07) is 16.2. The molecule has 178 valence electrons. The second-order valence-corrected chi connectivity index (χ2v) is 7.99. The molecule has 0 fully saturated rings. The molecule has 0 saturated heterocycles. The fraction of sp³-hybridized carbons (Fsp3) is 0.231. The molecule has 2 amide bonds. The van der Waals surface area contributed by atoms with E-state index < -0.39 is 24.0 Å². The van der Waals surface area contributed by atoms with Crippen molar-refractivity contribution in [1.82, 2.24) is 15.1 Å². The van der Waals surface area contributed by atoms with Gasteiger partial charge in [0.1, 0.15) is 18.3 Å². The number of nitrogens with zero attached hydrogens (tertiary/aromatic N) is 2. The number of anilines is 1. The lowest BCUT2D eigenvalue weighted by Crippen LogP contribution is -2.44. The molecule has 0 radical (unpaired) electrons. The van der Waals surface area contributed by atoms with Crippen LogP contribution in [0.1, 0.15) is 40.9 Å². The summed E-state index contributed by atoms with van der Waals surface area (Å²) in [4.78, 5) is 36.6. The first kappa shape index (κ1) is 23.6. The summed E-state index contributed by atoms with van der Waals surface area (Å²) in [6.07, 6.45) is -0.706. The van der Waals surface area contributed by atoms with E-state index in [2.05, 4.69) is 27.6 Å². The number of hydrogen-bond donors (Lipinski definition) is 3. The highest BCUT2D eigenvalue weighted by Crippen LogP contribution is 2.44. The number of hydrogen-bond acceptors (Lipinski definition) is 5. The third kappa shape index (κ3) is 5.01. The second-order valence-electron chi connectivity index (χ2n) is 7.99. The molecule has 1 aromatic heterocycles. The largest absolute Gasteiger partial charge is 0.477 e. The molecule has 1 unspecified atom stereocenters. The predicted molar refractivity (Wildman–Crippen MR) is 129 cm³/mol. The van der Waals surface area contributed by atoms with Gasteiger partial charge in [-0.05, 0) is 29.2 Å². The van der Waals surface area contributed by atoms with E-state index in [4.69, 9.17) is 9.84 Å². The summed E-state index contributed by atoms with van der Waals surface area (Å²) >= 11 is 0. The van der Waals surface area contributed by atoms with Crippen molar-refractivity contribution in [3.8, 4) is 23.0 Å². The zero-order chi connectivity index (χ0) is 24.9. The number of carboxylic acids is 1. The van der Waals surface area contributed by atoms with Crippen molar-refractivity contribution < 1.29 is 24.2 Å². The smallest absolute Gasteiger partial charge is 0.407 e. The van der Waals surface area contributed by atoms with Gasteiger partial charge in [-0.1, -0.05) is 48.5 Å². The first-order chi connectivity index (χ1) is 16.9. The molecule has 35 heavy (non-hydrogen) atoms. The number of rotatable bonds is 7. The van der Waals surface area contributed by atoms with Crippen molar-refractivity contribution in [1.29, 1.82) is 0 Å². The Balaban J connectivity index is 1.43. The molecule has 1 aliphatic rings. The lowest BCUT2D eigenvalue weighted by atomic mass is 9.98. The highest BCUT2D eigenvalue weighted by atomic mass is 16.5. The molecule has 9 nitrogen and oxygen atoms in total. The van der Waals surface area contributed by atoms with Crippen LogP contribution in [0.3, 0.4) is 0 Å². The van der Waals surface area contributed by atoms with Crippen molar-refractivity contribution in [3.05, 3.63) is 71.4 Å². The Morgan fingerprint density at radius 3 is 2.31 bits per heavy atom. The van der Waals surface area contributed by atoms with Gasteiger partial charge in [0.15, 0.2) is 5.82 Å². The van der Waals surface area contributed by atoms with Gasteiger partial charge in [0.05, 0.1) is 0 Å². The van der Waals surface area contributed by atoms with Gasteiger partial charge < -0.3 is 20.5 Å². The second kappa shape index (κ2) is 10.1. The van der Waals surface area contributed by atoms with Gasteiger partial charge in [0, 0.05) is 25.5 Å². The fourth-order valence-electron chi connectivity index (χ4n) is 4.14. The number of alkyl carbamates (subject to hydrolysis) is 1.